The minimum Gasteiger partial charge on any atom is -0.197 e. The zero-order chi connectivity index (χ0) is 7.40. The smallest absolute Gasteiger partial charge is 0.0175 e. The monoisotopic (exact) mass is 230 g/mol. The van der Waals surface area contributed by atoms with Gasteiger partial charge in [0, 0.05) is 4.47 Å². The second kappa shape index (κ2) is 5.44. The SMILES string of the molecule is CC=Cc1ccc(Br)cc1.S. The van der Waals surface area contributed by atoms with Crippen LogP contribution in [0.1, 0.15) is 12.5 Å². The van der Waals surface area contributed by atoms with E-state index in [0.717, 1.165) is 4.47 Å². The highest BCUT2D eigenvalue weighted by Gasteiger charge is 1.84. The Hall–Kier alpha value is -0.210. The van der Waals surface area contributed by atoms with Crippen molar-refractivity contribution in [2.75, 3.05) is 0 Å². The first-order chi connectivity index (χ1) is 4.83. The number of hydrogen-bond donors (Lipinski definition) is 0. The van der Waals surface area contributed by atoms with E-state index in [1.807, 2.05) is 25.1 Å². The highest BCUT2D eigenvalue weighted by Crippen LogP contribution is 2.11. The maximum Gasteiger partial charge on any atom is 0.0175 e. The molecule has 0 spiro atoms. The summed E-state index contributed by atoms with van der Waals surface area (Å²) in [5.41, 5.74) is 1.24. The van der Waals surface area contributed by atoms with E-state index in [2.05, 4.69) is 34.1 Å². The zero-order valence-electron chi connectivity index (χ0n) is 6.34. The Labute approximate surface area is 82.9 Å². The maximum absolute atomic E-state index is 3.37. The van der Waals surface area contributed by atoms with E-state index in [1.165, 1.54) is 5.56 Å². The zero-order valence-corrected chi connectivity index (χ0v) is 8.93. The topological polar surface area (TPSA) is 0 Å². The van der Waals surface area contributed by atoms with Gasteiger partial charge in [0.1, 0.15) is 0 Å². The van der Waals surface area contributed by atoms with Gasteiger partial charge in [-0.25, -0.2) is 0 Å². The Morgan fingerprint density at radius 3 is 2.18 bits per heavy atom. The molecule has 0 aliphatic heterocycles. The standard InChI is InChI=1S/C9H9Br.H2S/c1-2-3-8-4-6-9(10)7-5-8;/h2-7H,1H3;1H2. The lowest BCUT2D eigenvalue weighted by molar-refractivity contribution is 1.60. The summed E-state index contributed by atoms with van der Waals surface area (Å²) in [5.74, 6) is 0. The predicted molar refractivity (Wildman–Crippen MR) is 59.2 cm³/mol. The first kappa shape index (κ1) is 10.8. The molecule has 0 nitrogen and oxygen atoms in total. The van der Waals surface area contributed by atoms with Crippen LogP contribution in [0.5, 0.6) is 0 Å². The Bertz CT molecular complexity index is 226. The van der Waals surface area contributed by atoms with Crippen LogP contribution in [-0.4, -0.2) is 0 Å². The van der Waals surface area contributed by atoms with Gasteiger partial charge in [-0.05, 0) is 24.6 Å². The van der Waals surface area contributed by atoms with Gasteiger partial charge < -0.3 is 0 Å². The van der Waals surface area contributed by atoms with Gasteiger partial charge in [0.2, 0.25) is 0 Å². The fourth-order valence-electron chi connectivity index (χ4n) is 0.766. The number of benzene rings is 1. The number of allylic oxidation sites excluding steroid dienone is 1. The highest BCUT2D eigenvalue weighted by molar-refractivity contribution is 9.10. The summed E-state index contributed by atoms with van der Waals surface area (Å²) in [7, 11) is 0. The Morgan fingerprint density at radius 1 is 1.18 bits per heavy atom. The van der Waals surface area contributed by atoms with Crippen molar-refractivity contribution in [3.8, 4) is 0 Å². The average molecular weight is 231 g/mol. The van der Waals surface area contributed by atoms with E-state index < -0.39 is 0 Å². The summed E-state index contributed by atoms with van der Waals surface area (Å²) < 4.78 is 1.13. The maximum atomic E-state index is 3.37. The molecule has 0 heterocycles. The van der Waals surface area contributed by atoms with Gasteiger partial charge in [-0.2, -0.15) is 13.5 Å². The summed E-state index contributed by atoms with van der Waals surface area (Å²) in [6.07, 6.45) is 4.11. The summed E-state index contributed by atoms with van der Waals surface area (Å²) in [6, 6.07) is 8.22. The molecule has 0 aliphatic carbocycles. The van der Waals surface area contributed by atoms with E-state index in [4.69, 9.17) is 0 Å². The van der Waals surface area contributed by atoms with Crippen LogP contribution in [0.3, 0.4) is 0 Å². The molecule has 1 aromatic carbocycles. The predicted octanol–water partition coefficient (Wildman–Crippen LogP) is 3.60. The quantitative estimate of drug-likeness (QED) is 0.692. The minimum atomic E-state index is 0. The summed E-state index contributed by atoms with van der Waals surface area (Å²) in [6.45, 7) is 2.02. The molecule has 0 fully saturated rings. The summed E-state index contributed by atoms with van der Waals surface area (Å²) in [4.78, 5) is 0. The third-order valence-corrected chi connectivity index (χ3v) is 1.76. The molecule has 1 rings (SSSR count). The van der Waals surface area contributed by atoms with Gasteiger partial charge in [-0.3, -0.25) is 0 Å². The first-order valence-corrected chi connectivity index (χ1v) is 4.00. The number of rotatable bonds is 1. The third kappa shape index (κ3) is 3.63. The van der Waals surface area contributed by atoms with E-state index in [0.29, 0.717) is 0 Å². The van der Waals surface area contributed by atoms with E-state index in [-0.39, 0.29) is 13.5 Å². The number of hydrogen-bond acceptors (Lipinski definition) is 0. The van der Waals surface area contributed by atoms with Crippen molar-refractivity contribution < 1.29 is 0 Å². The van der Waals surface area contributed by atoms with Crippen molar-refractivity contribution in [1.29, 1.82) is 0 Å². The average Bonchev–Trinajstić information content (AvgIpc) is 1.95. The Kier molecular flexibility index (Phi) is 5.34. The highest BCUT2D eigenvalue weighted by atomic mass is 79.9. The fourth-order valence-corrected chi connectivity index (χ4v) is 1.03. The molecule has 0 unspecified atom stereocenters. The lowest BCUT2D eigenvalue weighted by Crippen LogP contribution is -1.68. The molecule has 0 aromatic heterocycles. The van der Waals surface area contributed by atoms with E-state index in [9.17, 15) is 0 Å². The van der Waals surface area contributed by atoms with Crippen molar-refractivity contribution in [1.82, 2.24) is 0 Å². The van der Waals surface area contributed by atoms with Crippen molar-refractivity contribution in [2.45, 2.75) is 6.92 Å². The van der Waals surface area contributed by atoms with Crippen LogP contribution >= 0.6 is 29.4 Å². The Balaban J connectivity index is 0.000001000. The molecule has 0 aliphatic rings. The van der Waals surface area contributed by atoms with Crippen molar-refractivity contribution in [3.63, 3.8) is 0 Å². The molecule has 0 saturated carbocycles. The molecule has 1 aromatic rings. The largest absolute Gasteiger partial charge is 0.197 e. The van der Waals surface area contributed by atoms with E-state index >= 15 is 0 Å². The lowest BCUT2D eigenvalue weighted by atomic mass is 10.2. The van der Waals surface area contributed by atoms with Gasteiger partial charge in [0.05, 0.1) is 0 Å². The molecule has 0 atom stereocenters. The summed E-state index contributed by atoms with van der Waals surface area (Å²) in [5, 5.41) is 0. The van der Waals surface area contributed by atoms with Crippen LogP contribution in [0.4, 0.5) is 0 Å². The van der Waals surface area contributed by atoms with Gasteiger partial charge >= 0.3 is 0 Å². The van der Waals surface area contributed by atoms with Gasteiger partial charge in [-0.1, -0.05) is 40.2 Å². The summed E-state index contributed by atoms with van der Waals surface area (Å²) >= 11 is 3.37. The van der Waals surface area contributed by atoms with Gasteiger partial charge in [0.15, 0.2) is 0 Å². The van der Waals surface area contributed by atoms with Crippen molar-refractivity contribution >= 4 is 35.5 Å². The van der Waals surface area contributed by atoms with Crippen LogP contribution in [-0.2, 0) is 0 Å². The Morgan fingerprint density at radius 2 is 1.73 bits per heavy atom. The molecule has 0 N–H and O–H groups in total. The first-order valence-electron chi connectivity index (χ1n) is 3.21. The lowest BCUT2D eigenvalue weighted by Gasteiger charge is -1.91. The third-order valence-electron chi connectivity index (χ3n) is 1.23. The molecule has 0 bridgehead atoms. The van der Waals surface area contributed by atoms with Gasteiger partial charge in [0.25, 0.3) is 0 Å². The molecule has 11 heavy (non-hydrogen) atoms. The molecule has 0 saturated heterocycles. The van der Waals surface area contributed by atoms with Crippen LogP contribution in [0.15, 0.2) is 34.8 Å². The van der Waals surface area contributed by atoms with Crippen molar-refractivity contribution in [3.05, 3.63) is 40.4 Å². The molecule has 0 amide bonds. The molecular weight excluding hydrogens is 220 g/mol. The van der Waals surface area contributed by atoms with Crippen LogP contribution < -0.4 is 0 Å². The normalized spacial score (nSPS) is 9.64. The molecule has 60 valence electrons. The van der Waals surface area contributed by atoms with Crippen LogP contribution in [0.25, 0.3) is 6.08 Å². The second-order valence-electron chi connectivity index (χ2n) is 2.05. The minimum absolute atomic E-state index is 0. The fraction of sp³-hybridized carbons (Fsp3) is 0.111. The van der Waals surface area contributed by atoms with Crippen LogP contribution in [0, 0.1) is 0 Å². The van der Waals surface area contributed by atoms with Crippen LogP contribution in [0.2, 0.25) is 0 Å². The molecular formula is C9H11BrS. The van der Waals surface area contributed by atoms with E-state index in [1.54, 1.807) is 0 Å². The number of halogens is 1. The van der Waals surface area contributed by atoms with Gasteiger partial charge in [-0.15, -0.1) is 0 Å². The second-order valence-corrected chi connectivity index (χ2v) is 2.97. The molecule has 0 radical (unpaired) electrons. The molecule has 2 heteroatoms. The van der Waals surface area contributed by atoms with Crippen molar-refractivity contribution in [2.24, 2.45) is 0 Å².